The standard InChI is InChI=1S/C16H35NO/c1-7-9-11-16(18,12-10-8-2)15(13(3)4)17-14(5)6/h13-15,17-18H,7-12H2,1-6H3/t15-/m0/s1. The van der Waals surface area contributed by atoms with Crippen molar-refractivity contribution in [3.8, 4) is 0 Å². The van der Waals surface area contributed by atoms with E-state index in [1.165, 1.54) is 0 Å². The zero-order valence-corrected chi connectivity index (χ0v) is 13.4. The van der Waals surface area contributed by atoms with Gasteiger partial charge in [0.1, 0.15) is 0 Å². The molecule has 2 nitrogen and oxygen atoms in total. The molecular formula is C16H35NO. The van der Waals surface area contributed by atoms with Gasteiger partial charge in [0.15, 0.2) is 0 Å². The summed E-state index contributed by atoms with van der Waals surface area (Å²) in [5.74, 6) is 0.464. The highest BCUT2D eigenvalue weighted by Crippen LogP contribution is 2.29. The molecule has 0 aliphatic carbocycles. The first kappa shape index (κ1) is 17.9. The summed E-state index contributed by atoms with van der Waals surface area (Å²) in [6.07, 6.45) is 6.38. The summed E-state index contributed by atoms with van der Waals surface area (Å²) in [6, 6.07) is 0.628. The molecule has 0 aliphatic heterocycles. The Bertz CT molecular complexity index is 193. The highest BCUT2D eigenvalue weighted by Gasteiger charge is 2.37. The molecule has 0 saturated carbocycles. The number of nitrogens with one attached hydrogen (secondary N) is 1. The fraction of sp³-hybridized carbons (Fsp3) is 1.00. The van der Waals surface area contributed by atoms with Crippen molar-refractivity contribution in [1.82, 2.24) is 5.32 Å². The van der Waals surface area contributed by atoms with E-state index < -0.39 is 5.60 Å². The monoisotopic (exact) mass is 257 g/mol. The van der Waals surface area contributed by atoms with Crippen molar-refractivity contribution in [2.24, 2.45) is 5.92 Å². The van der Waals surface area contributed by atoms with E-state index >= 15 is 0 Å². The van der Waals surface area contributed by atoms with Crippen LogP contribution in [-0.4, -0.2) is 22.8 Å². The number of unbranched alkanes of at least 4 members (excludes halogenated alkanes) is 2. The van der Waals surface area contributed by atoms with Gasteiger partial charge < -0.3 is 10.4 Å². The van der Waals surface area contributed by atoms with Crippen LogP contribution in [0.5, 0.6) is 0 Å². The lowest BCUT2D eigenvalue weighted by atomic mass is 9.78. The van der Waals surface area contributed by atoms with Crippen molar-refractivity contribution in [1.29, 1.82) is 0 Å². The second-order valence-electron chi connectivity index (χ2n) is 6.35. The maximum atomic E-state index is 11.1. The van der Waals surface area contributed by atoms with Gasteiger partial charge in [-0.25, -0.2) is 0 Å². The Hall–Kier alpha value is -0.0800. The maximum absolute atomic E-state index is 11.1. The van der Waals surface area contributed by atoms with Gasteiger partial charge in [-0.3, -0.25) is 0 Å². The summed E-state index contributed by atoms with van der Waals surface area (Å²) in [5, 5.41) is 14.7. The maximum Gasteiger partial charge on any atom is 0.0802 e. The Kier molecular flexibility index (Phi) is 8.89. The summed E-state index contributed by atoms with van der Waals surface area (Å²) < 4.78 is 0. The number of hydrogen-bond acceptors (Lipinski definition) is 2. The smallest absolute Gasteiger partial charge is 0.0802 e. The van der Waals surface area contributed by atoms with Crippen molar-refractivity contribution in [3.63, 3.8) is 0 Å². The van der Waals surface area contributed by atoms with E-state index in [2.05, 4.69) is 46.9 Å². The average molecular weight is 257 g/mol. The lowest BCUT2D eigenvalue weighted by molar-refractivity contribution is -0.0345. The second-order valence-corrected chi connectivity index (χ2v) is 6.35. The molecule has 0 heterocycles. The molecule has 0 aromatic rings. The Morgan fingerprint density at radius 3 is 1.67 bits per heavy atom. The van der Waals surface area contributed by atoms with Crippen LogP contribution < -0.4 is 5.32 Å². The van der Waals surface area contributed by atoms with Gasteiger partial charge in [0.2, 0.25) is 0 Å². The Labute approximate surface area is 115 Å². The predicted molar refractivity (Wildman–Crippen MR) is 80.9 cm³/mol. The van der Waals surface area contributed by atoms with Crippen LogP contribution in [-0.2, 0) is 0 Å². The highest BCUT2D eigenvalue weighted by atomic mass is 16.3. The Balaban J connectivity index is 4.82. The molecule has 110 valence electrons. The molecule has 0 bridgehead atoms. The summed E-state index contributed by atoms with van der Waals surface area (Å²) in [6.45, 7) is 13.1. The van der Waals surface area contributed by atoms with Gasteiger partial charge in [0.25, 0.3) is 0 Å². The highest BCUT2D eigenvalue weighted by molar-refractivity contribution is 4.94. The van der Waals surface area contributed by atoms with E-state index in [4.69, 9.17) is 0 Å². The van der Waals surface area contributed by atoms with Crippen LogP contribution in [0.25, 0.3) is 0 Å². The number of rotatable bonds is 10. The first-order chi connectivity index (χ1) is 8.37. The normalized spacial score (nSPS) is 14.5. The molecule has 0 unspecified atom stereocenters. The van der Waals surface area contributed by atoms with E-state index in [9.17, 15) is 5.11 Å². The minimum absolute atomic E-state index is 0.204. The summed E-state index contributed by atoms with van der Waals surface area (Å²) in [5.41, 5.74) is -0.537. The quantitative estimate of drug-likeness (QED) is 0.617. The van der Waals surface area contributed by atoms with Crippen molar-refractivity contribution >= 4 is 0 Å². The molecule has 0 aliphatic rings. The van der Waals surface area contributed by atoms with Crippen LogP contribution in [0, 0.1) is 5.92 Å². The molecule has 1 atom stereocenters. The molecule has 2 N–H and O–H groups in total. The van der Waals surface area contributed by atoms with Gasteiger partial charge in [-0.1, -0.05) is 67.2 Å². The van der Waals surface area contributed by atoms with E-state index in [1.54, 1.807) is 0 Å². The molecule has 18 heavy (non-hydrogen) atoms. The molecule has 0 amide bonds. The Morgan fingerprint density at radius 2 is 1.39 bits per heavy atom. The van der Waals surface area contributed by atoms with Crippen molar-refractivity contribution in [2.45, 2.75) is 97.8 Å². The molecule has 0 fully saturated rings. The fourth-order valence-corrected chi connectivity index (χ4v) is 2.73. The van der Waals surface area contributed by atoms with Crippen LogP contribution in [0.15, 0.2) is 0 Å². The summed E-state index contributed by atoms with van der Waals surface area (Å²) in [4.78, 5) is 0. The minimum atomic E-state index is -0.537. The summed E-state index contributed by atoms with van der Waals surface area (Å²) >= 11 is 0. The molecule has 0 rings (SSSR count). The largest absolute Gasteiger partial charge is 0.388 e. The van der Waals surface area contributed by atoms with Crippen LogP contribution in [0.1, 0.15) is 80.1 Å². The van der Waals surface area contributed by atoms with Crippen LogP contribution in [0.2, 0.25) is 0 Å². The van der Waals surface area contributed by atoms with Crippen molar-refractivity contribution < 1.29 is 5.11 Å². The molecule has 0 spiro atoms. The lowest BCUT2D eigenvalue weighted by Crippen LogP contribution is -2.55. The third-order valence-electron chi connectivity index (χ3n) is 3.68. The van der Waals surface area contributed by atoms with E-state index in [-0.39, 0.29) is 6.04 Å². The van der Waals surface area contributed by atoms with Gasteiger partial charge in [0.05, 0.1) is 5.60 Å². The molecule has 0 aromatic heterocycles. The fourth-order valence-electron chi connectivity index (χ4n) is 2.73. The van der Waals surface area contributed by atoms with E-state index in [0.29, 0.717) is 12.0 Å². The average Bonchev–Trinajstić information content (AvgIpc) is 2.30. The summed E-state index contributed by atoms with van der Waals surface area (Å²) in [7, 11) is 0. The van der Waals surface area contributed by atoms with E-state index in [0.717, 1.165) is 38.5 Å². The second kappa shape index (κ2) is 8.92. The van der Waals surface area contributed by atoms with Gasteiger partial charge >= 0.3 is 0 Å². The topological polar surface area (TPSA) is 32.3 Å². The molecule has 2 heteroatoms. The van der Waals surface area contributed by atoms with Crippen LogP contribution in [0.3, 0.4) is 0 Å². The third kappa shape index (κ3) is 6.19. The van der Waals surface area contributed by atoms with Crippen molar-refractivity contribution in [2.75, 3.05) is 0 Å². The molecule has 0 saturated heterocycles. The zero-order chi connectivity index (χ0) is 14.2. The first-order valence-electron chi connectivity index (χ1n) is 7.85. The van der Waals surface area contributed by atoms with Gasteiger partial charge in [0, 0.05) is 12.1 Å². The SMILES string of the molecule is CCCCC(O)(CCCC)[C@@H](NC(C)C)C(C)C. The minimum Gasteiger partial charge on any atom is -0.388 e. The zero-order valence-electron chi connectivity index (χ0n) is 13.4. The third-order valence-corrected chi connectivity index (χ3v) is 3.68. The van der Waals surface area contributed by atoms with Crippen LogP contribution >= 0.6 is 0 Å². The molecule has 0 aromatic carbocycles. The lowest BCUT2D eigenvalue weighted by Gasteiger charge is -2.41. The number of aliphatic hydroxyl groups is 1. The number of hydrogen-bond donors (Lipinski definition) is 2. The molecular weight excluding hydrogens is 222 g/mol. The Morgan fingerprint density at radius 1 is 0.944 bits per heavy atom. The molecule has 0 radical (unpaired) electrons. The van der Waals surface area contributed by atoms with Crippen molar-refractivity contribution in [3.05, 3.63) is 0 Å². The first-order valence-corrected chi connectivity index (χ1v) is 7.85. The van der Waals surface area contributed by atoms with E-state index in [1.807, 2.05) is 0 Å². The predicted octanol–water partition coefficient (Wildman–Crippen LogP) is 4.12. The van der Waals surface area contributed by atoms with Gasteiger partial charge in [-0.2, -0.15) is 0 Å². The van der Waals surface area contributed by atoms with Gasteiger partial charge in [-0.05, 0) is 18.8 Å². The van der Waals surface area contributed by atoms with Crippen LogP contribution in [0.4, 0.5) is 0 Å². The van der Waals surface area contributed by atoms with Gasteiger partial charge in [-0.15, -0.1) is 0 Å².